The molecule has 0 aromatic carbocycles. The summed E-state index contributed by atoms with van der Waals surface area (Å²) in [6, 6.07) is 0.814. The van der Waals surface area contributed by atoms with Crippen molar-refractivity contribution in [3.8, 4) is 0 Å². The highest BCUT2D eigenvalue weighted by Crippen LogP contribution is 2.31. The van der Waals surface area contributed by atoms with Crippen molar-refractivity contribution in [2.24, 2.45) is 0 Å². The summed E-state index contributed by atoms with van der Waals surface area (Å²) in [7, 11) is 1.53. The molecule has 7 heteroatoms. The van der Waals surface area contributed by atoms with Gasteiger partial charge in [-0.05, 0) is 12.5 Å². The van der Waals surface area contributed by atoms with Crippen LogP contribution in [0, 0.1) is 0 Å². The number of nitrogens with two attached hydrogens (primary N) is 1. The number of nitrogens with zero attached hydrogens (tertiary/aromatic N) is 1. The number of anilines is 2. The molecule has 102 valence electrons. The van der Waals surface area contributed by atoms with Gasteiger partial charge in [0.15, 0.2) is 0 Å². The first-order valence-corrected chi connectivity index (χ1v) is 5.46. The van der Waals surface area contributed by atoms with Gasteiger partial charge in [0.25, 0.3) is 0 Å². The second kappa shape index (κ2) is 5.90. The molecule has 1 unspecified atom stereocenters. The monoisotopic (exact) mass is 263 g/mol. The maximum Gasteiger partial charge on any atom is 0.433 e. The molecule has 0 saturated carbocycles. The van der Waals surface area contributed by atoms with Crippen LogP contribution in [0.15, 0.2) is 12.3 Å². The minimum absolute atomic E-state index is 0.0965. The van der Waals surface area contributed by atoms with Gasteiger partial charge in [-0.2, -0.15) is 13.2 Å². The summed E-state index contributed by atoms with van der Waals surface area (Å²) in [5, 5.41) is 2.92. The predicted molar refractivity (Wildman–Crippen MR) is 63.2 cm³/mol. The zero-order chi connectivity index (χ0) is 13.8. The number of hydrogen-bond donors (Lipinski definition) is 2. The van der Waals surface area contributed by atoms with Crippen LogP contribution < -0.4 is 11.1 Å². The van der Waals surface area contributed by atoms with Crippen LogP contribution in [0.2, 0.25) is 0 Å². The Morgan fingerprint density at radius 3 is 2.67 bits per heavy atom. The SMILES string of the molecule is CCC(COC)Nc1cc(C(F)(F)F)ncc1N. The number of nitrogens with one attached hydrogen (secondary N) is 1. The van der Waals surface area contributed by atoms with Gasteiger partial charge in [0.2, 0.25) is 0 Å². The zero-order valence-corrected chi connectivity index (χ0v) is 10.2. The topological polar surface area (TPSA) is 60.2 Å². The van der Waals surface area contributed by atoms with Gasteiger partial charge in [0, 0.05) is 13.2 Å². The van der Waals surface area contributed by atoms with E-state index in [9.17, 15) is 13.2 Å². The van der Waals surface area contributed by atoms with Crippen molar-refractivity contribution in [2.45, 2.75) is 25.6 Å². The first-order chi connectivity index (χ1) is 8.38. The number of methoxy groups -OCH3 is 1. The minimum atomic E-state index is -4.48. The predicted octanol–water partition coefficient (Wildman–Crippen LogP) is 2.52. The van der Waals surface area contributed by atoms with Crippen molar-refractivity contribution < 1.29 is 17.9 Å². The van der Waals surface area contributed by atoms with Crippen molar-refractivity contribution in [1.82, 2.24) is 4.98 Å². The van der Waals surface area contributed by atoms with Gasteiger partial charge in [0.05, 0.1) is 24.2 Å². The Balaban J connectivity index is 2.93. The van der Waals surface area contributed by atoms with E-state index in [1.54, 1.807) is 0 Å². The van der Waals surface area contributed by atoms with Crippen LogP contribution in [-0.2, 0) is 10.9 Å². The van der Waals surface area contributed by atoms with E-state index in [4.69, 9.17) is 10.5 Å². The van der Waals surface area contributed by atoms with Crippen LogP contribution in [0.5, 0.6) is 0 Å². The molecular weight excluding hydrogens is 247 g/mol. The molecular formula is C11H16F3N3O. The number of aromatic nitrogens is 1. The molecule has 0 spiro atoms. The average Bonchev–Trinajstić information content (AvgIpc) is 2.29. The molecule has 4 nitrogen and oxygen atoms in total. The highest BCUT2D eigenvalue weighted by atomic mass is 19.4. The largest absolute Gasteiger partial charge is 0.433 e. The molecule has 0 aliphatic carbocycles. The summed E-state index contributed by atoms with van der Waals surface area (Å²) in [6.07, 6.45) is -2.77. The van der Waals surface area contributed by atoms with Gasteiger partial charge in [-0.15, -0.1) is 0 Å². The fraction of sp³-hybridized carbons (Fsp3) is 0.545. The standard InChI is InChI=1S/C11H16F3N3O/c1-3-7(6-18-2)17-9-4-10(11(12,13)14)16-5-8(9)15/h4-5,7H,3,6,15H2,1-2H3,(H,16,17). The third kappa shape index (κ3) is 3.76. The maximum absolute atomic E-state index is 12.5. The first kappa shape index (κ1) is 14.6. The number of alkyl halides is 3. The number of ether oxygens (including phenoxy) is 1. The molecule has 3 N–H and O–H groups in total. The van der Waals surface area contributed by atoms with Gasteiger partial charge >= 0.3 is 6.18 Å². The Bertz CT molecular complexity index is 396. The van der Waals surface area contributed by atoms with E-state index in [2.05, 4.69) is 10.3 Å². The molecule has 1 aromatic rings. The van der Waals surface area contributed by atoms with Crippen molar-refractivity contribution in [2.75, 3.05) is 24.8 Å². The molecule has 1 aromatic heterocycles. The quantitative estimate of drug-likeness (QED) is 0.857. The molecule has 0 bridgehead atoms. The number of pyridine rings is 1. The van der Waals surface area contributed by atoms with E-state index in [0.717, 1.165) is 12.3 Å². The number of nitrogen functional groups attached to an aromatic ring is 1. The molecule has 18 heavy (non-hydrogen) atoms. The Hall–Kier alpha value is -1.50. The van der Waals surface area contributed by atoms with E-state index in [0.29, 0.717) is 13.0 Å². The Morgan fingerprint density at radius 1 is 1.50 bits per heavy atom. The summed E-state index contributed by atoms with van der Waals surface area (Å²) in [4.78, 5) is 3.27. The van der Waals surface area contributed by atoms with Crippen LogP contribution in [-0.4, -0.2) is 24.7 Å². The van der Waals surface area contributed by atoms with Crippen molar-refractivity contribution in [3.05, 3.63) is 18.0 Å². The first-order valence-electron chi connectivity index (χ1n) is 5.46. The Morgan fingerprint density at radius 2 is 2.17 bits per heavy atom. The molecule has 0 aliphatic rings. The van der Waals surface area contributed by atoms with E-state index < -0.39 is 11.9 Å². The van der Waals surface area contributed by atoms with E-state index in [1.807, 2.05) is 6.92 Å². The van der Waals surface area contributed by atoms with E-state index in [1.165, 1.54) is 7.11 Å². The molecule has 1 heterocycles. The number of halogens is 3. The summed E-state index contributed by atoms with van der Waals surface area (Å²) in [5.74, 6) is 0. The molecule has 1 rings (SSSR count). The second-order valence-electron chi connectivity index (χ2n) is 3.86. The molecule has 0 saturated heterocycles. The van der Waals surface area contributed by atoms with Crippen molar-refractivity contribution in [3.63, 3.8) is 0 Å². The van der Waals surface area contributed by atoms with Gasteiger partial charge in [-0.1, -0.05) is 6.92 Å². The number of rotatable bonds is 5. The fourth-order valence-electron chi connectivity index (χ4n) is 1.43. The zero-order valence-electron chi connectivity index (χ0n) is 10.2. The summed E-state index contributed by atoms with van der Waals surface area (Å²) >= 11 is 0. The lowest BCUT2D eigenvalue weighted by atomic mass is 10.2. The number of hydrogen-bond acceptors (Lipinski definition) is 4. The average molecular weight is 263 g/mol. The molecule has 0 fully saturated rings. The molecule has 0 amide bonds. The van der Waals surface area contributed by atoms with Gasteiger partial charge in [0.1, 0.15) is 5.69 Å². The van der Waals surface area contributed by atoms with E-state index >= 15 is 0 Å². The maximum atomic E-state index is 12.5. The lowest BCUT2D eigenvalue weighted by Crippen LogP contribution is -2.25. The van der Waals surface area contributed by atoms with Crippen LogP contribution >= 0.6 is 0 Å². The van der Waals surface area contributed by atoms with Crippen LogP contribution in [0.1, 0.15) is 19.0 Å². The minimum Gasteiger partial charge on any atom is -0.396 e. The lowest BCUT2D eigenvalue weighted by Gasteiger charge is -2.19. The van der Waals surface area contributed by atoms with E-state index in [-0.39, 0.29) is 17.4 Å². The summed E-state index contributed by atoms with van der Waals surface area (Å²) < 4.78 is 42.5. The lowest BCUT2D eigenvalue weighted by molar-refractivity contribution is -0.141. The highest BCUT2D eigenvalue weighted by molar-refractivity contribution is 5.65. The second-order valence-corrected chi connectivity index (χ2v) is 3.86. The smallest absolute Gasteiger partial charge is 0.396 e. The summed E-state index contributed by atoms with van der Waals surface area (Å²) in [5.41, 5.74) is 5.03. The van der Waals surface area contributed by atoms with Gasteiger partial charge in [-0.25, -0.2) is 4.98 Å². The third-order valence-electron chi connectivity index (χ3n) is 2.45. The Kier molecular flexibility index (Phi) is 4.77. The normalized spacial score (nSPS) is 13.4. The Labute approximate surface area is 103 Å². The van der Waals surface area contributed by atoms with Crippen molar-refractivity contribution in [1.29, 1.82) is 0 Å². The van der Waals surface area contributed by atoms with Crippen LogP contribution in [0.25, 0.3) is 0 Å². The third-order valence-corrected chi connectivity index (χ3v) is 2.45. The van der Waals surface area contributed by atoms with Crippen LogP contribution in [0.3, 0.4) is 0 Å². The fourth-order valence-corrected chi connectivity index (χ4v) is 1.43. The summed E-state index contributed by atoms with van der Waals surface area (Å²) in [6.45, 7) is 2.29. The van der Waals surface area contributed by atoms with Crippen molar-refractivity contribution >= 4 is 11.4 Å². The molecule has 0 aliphatic heterocycles. The van der Waals surface area contributed by atoms with Gasteiger partial charge < -0.3 is 15.8 Å². The highest BCUT2D eigenvalue weighted by Gasteiger charge is 2.33. The molecule has 1 atom stereocenters. The van der Waals surface area contributed by atoms with Crippen LogP contribution in [0.4, 0.5) is 24.5 Å². The molecule has 0 radical (unpaired) electrons. The van der Waals surface area contributed by atoms with Gasteiger partial charge in [-0.3, -0.25) is 0 Å².